The fourth-order valence-corrected chi connectivity index (χ4v) is 2.07. The largest absolute Gasteiger partial charge is 0.497 e. The van der Waals surface area contributed by atoms with Crippen molar-refractivity contribution in [3.63, 3.8) is 0 Å². The van der Waals surface area contributed by atoms with E-state index in [1.165, 1.54) is 26.4 Å². The van der Waals surface area contributed by atoms with Crippen molar-refractivity contribution in [3.8, 4) is 17.6 Å². The Morgan fingerprint density at radius 2 is 1.83 bits per heavy atom. The average molecular weight is 316 g/mol. The van der Waals surface area contributed by atoms with E-state index < -0.39 is 11.9 Å². The molecule has 0 amide bonds. The highest BCUT2D eigenvalue weighted by Crippen LogP contribution is 2.27. The van der Waals surface area contributed by atoms with Crippen molar-refractivity contribution in [2.24, 2.45) is 0 Å². The van der Waals surface area contributed by atoms with E-state index in [1.807, 2.05) is 6.07 Å². The Morgan fingerprint density at radius 1 is 1.17 bits per heavy atom. The SMILES string of the molecule is COc1cc(OC)cc(C(O)CNc2ccc(C#N)cc2F)c1. The molecule has 120 valence electrons. The van der Waals surface area contributed by atoms with E-state index >= 15 is 0 Å². The van der Waals surface area contributed by atoms with E-state index in [-0.39, 0.29) is 17.8 Å². The first-order valence-electron chi connectivity index (χ1n) is 6.92. The Hall–Kier alpha value is -2.78. The van der Waals surface area contributed by atoms with Gasteiger partial charge in [-0.15, -0.1) is 0 Å². The van der Waals surface area contributed by atoms with Crippen molar-refractivity contribution >= 4 is 5.69 Å². The van der Waals surface area contributed by atoms with Gasteiger partial charge in [0.05, 0.1) is 37.6 Å². The predicted molar refractivity (Wildman–Crippen MR) is 84.1 cm³/mol. The summed E-state index contributed by atoms with van der Waals surface area (Å²) < 4.78 is 24.1. The van der Waals surface area contributed by atoms with Crippen LogP contribution in [0.5, 0.6) is 11.5 Å². The van der Waals surface area contributed by atoms with Crippen LogP contribution in [-0.4, -0.2) is 25.9 Å². The topological polar surface area (TPSA) is 74.5 Å². The number of aliphatic hydroxyl groups is 1. The lowest BCUT2D eigenvalue weighted by Gasteiger charge is -2.16. The molecule has 0 aliphatic carbocycles. The predicted octanol–water partition coefficient (Wildman–Crippen LogP) is 2.86. The molecule has 0 aliphatic rings. The smallest absolute Gasteiger partial charge is 0.147 e. The summed E-state index contributed by atoms with van der Waals surface area (Å²) in [6, 6.07) is 11.0. The van der Waals surface area contributed by atoms with Gasteiger partial charge >= 0.3 is 0 Å². The van der Waals surface area contributed by atoms with Crippen molar-refractivity contribution in [2.75, 3.05) is 26.1 Å². The van der Waals surface area contributed by atoms with E-state index in [4.69, 9.17) is 14.7 Å². The number of nitriles is 1. The summed E-state index contributed by atoms with van der Waals surface area (Å²) in [6.07, 6.45) is -0.881. The van der Waals surface area contributed by atoms with E-state index in [0.29, 0.717) is 17.1 Å². The van der Waals surface area contributed by atoms with E-state index in [2.05, 4.69) is 5.32 Å². The van der Waals surface area contributed by atoms with Gasteiger partial charge in [0.2, 0.25) is 0 Å². The molecule has 0 spiro atoms. The van der Waals surface area contributed by atoms with Crippen molar-refractivity contribution in [1.82, 2.24) is 0 Å². The van der Waals surface area contributed by atoms with Gasteiger partial charge in [0.25, 0.3) is 0 Å². The number of rotatable bonds is 6. The molecule has 0 saturated heterocycles. The van der Waals surface area contributed by atoms with E-state index in [0.717, 1.165) is 6.07 Å². The maximum atomic E-state index is 13.8. The number of nitrogens with one attached hydrogen (secondary N) is 1. The number of hydrogen-bond donors (Lipinski definition) is 2. The molecule has 1 atom stereocenters. The van der Waals surface area contributed by atoms with Crippen LogP contribution >= 0.6 is 0 Å². The minimum absolute atomic E-state index is 0.0964. The van der Waals surface area contributed by atoms with Crippen LogP contribution in [0.25, 0.3) is 0 Å². The molecule has 2 aromatic rings. The molecule has 6 heteroatoms. The van der Waals surface area contributed by atoms with E-state index in [1.54, 1.807) is 18.2 Å². The number of methoxy groups -OCH3 is 2. The van der Waals surface area contributed by atoms with Crippen molar-refractivity contribution in [1.29, 1.82) is 5.26 Å². The Morgan fingerprint density at radius 3 is 2.35 bits per heavy atom. The van der Waals surface area contributed by atoms with Crippen LogP contribution in [0, 0.1) is 17.1 Å². The van der Waals surface area contributed by atoms with Gasteiger partial charge in [0.1, 0.15) is 17.3 Å². The number of benzene rings is 2. The molecule has 2 aromatic carbocycles. The molecule has 1 unspecified atom stereocenters. The van der Waals surface area contributed by atoms with Gasteiger partial charge in [-0.25, -0.2) is 4.39 Å². The van der Waals surface area contributed by atoms with Crippen LogP contribution in [0.1, 0.15) is 17.2 Å². The number of aliphatic hydroxyl groups excluding tert-OH is 1. The fourth-order valence-electron chi connectivity index (χ4n) is 2.07. The highest BCUT2D eigenvalue weighted by Gasteiger charge is 2.12. The first-order valence-corrected chi connectivity index (χ1v) is 6.92. The fraction of sp³-hybridized carbons (Fsp3) is 0.235. The summed E-state index contributed by atoms with van der Waals surface area (Å²) in [4.78, 5) is 0. The van der Waals surface area contributed by atoms with Crippen LogP contribution in [0.3, 0.4) is 0 Å². The summed E-state index contributed by atoms with van der Waals surface area (Å²) in [5.74, 6) is 0.574. The molecular formula is C17H17FN2O3. The first kappa shape index (κ1) is 16.6. The molecule has 2 N–H and O–H groups in total. The molecule has 5 nitrogen and oxygen atoms in total. The Kier molecular flexibility index (Phi) is 5.39. The number of ether oxygens (including phenoxy) is 2. The third kappa shape index (κ3) is 4.11. The van der Waals surface area contributed by atoms with Crippen LogP contribution in [0.4, 0.5) is 10.1 Å². The maximum Gasteiger partial charge on any atom is 0.147 e. The van der Waals surface area contributed by atoms with Gasteiger partial charge in [-0.05, 0) is 35.9 Å². The molecule has 0 saturated carbocycles. The highest BCUT2D eigenvalue weighted by atomic mass is 19.1. The summed E-state index contributed by atoms with van der Waals surface area (Å²) in [5, 5.41) is 21.8. The molecule has 0 radical (unpaired) electrons. The number of anilines is 1. The van der Waals surface area contributed by atoms with Gasteiger partial charge in [-0.1, -0.05) is 0 Å². The van der Waals surface area contributed by atoms with Crippen LogP contribution < -0.4 is 14.8 Å². The van der Waals surface area contributed by atoms with Gasteiger partial charge in [0, 0.05) is 12.6 Å². The summed E-state index contributed by atoms with van der Waals surface area (Å²) in [6.45, 7) is 0.0964. The molecule has 0 fully saturated rings. The van der Waals surface area contributed by atoms with Gasteiger partial charge < -0.3 is 19.9 Å². The molecule has 2 rings (SSSR count). The zero-order valence-electron chi connectivity index (χ0n) is 12.8. The van der Waals surface area contributed by atoms with E-state index in [9.17, 15) is 9.50 Å². The number of halogens is 1. The Balaban J connectivity index is 2.10. The third-order valence-electron chi connectivity index (χ3n) is 3.34. The number of nitrogens with zero attached hydrogens (tertiary/aromatic N) is 1. The monoisotopic (exact) mass is 316 g/mol. The lowest BCUT2D eigenvalue weighted by atomic mass is 10.1. The minimum Gasteiger partial charge on any atom is -0.497 e. The zero-order valence-corrected chi connectivity index (χ0v) is 12.8. The normalized spacial score (nSPS) is 11.4. The minimum atomic E-state index is -0.881. The Labute approximate surface area is 133 Å². The second-order valence-corrected chi connectivity index (χ2v) is 4.85. The van der Waals surface area contributed by atoms with Gasteiger partial charge in [-0.2, -0.15) is 5.26 Å². The number of hydrogen-bond acceptors (Lipinski definition) is 5. The summed E-state index contributed by atoms with van der Waals surface area (Å²) in [7, 11) is 3.05. The second-order valence-electron chi connectivity index (χ2n) is 4.85. The lowest BCUT2D eigenvalue weighted by Crippen LogP contribution is -2.13. The summed E-state index contributed by atoms with van der Waals surface area (Å²) >= 11 is 0. The van der Waals surface area contributed by atoms with Crippen LogP contribution in [0.2, 0.25) is 0 Å². The van der Waals surface area contributed by atoms with Crippen molar-refractivity contribution in [2.45, 2.75) is 6.10 Å². The first-order chi connectivity index (χ1) is 11.1. The quantitative estimate of drug-likeness (QED) is 0.857. The average Bonchev–Trinajstić information content (AvgIpc) is 2.59. The maximum absolute atomic E-state index is 13.8. The zero-order chi connectivity index (χ0) is 16.8. The van der Waals surface area contributed by atoms with Crippen molar-refractivity contribution in [3.05, 3.63) is 53.3 Å². The molecule has 0 bridgehead atoms. The molecule has 23 heavy (non-hydrogen) atoms. The van der Waals surface area contributed by atoms with Crippen molar-refractivity contribution < 1.29 is 19.0 Å². The van der Waals surface area contributed by atoms with Gasteiger partial charge in [-0.3, -0.25) is 0 Å². The third-order valence-corrected chi connectivity index (χ3v) is 3.34. The Bertz CT molecular complexity index is 706. The lowest BCUT2D eigenvalue weighted by molar-refractivity contribution is 0.190. The molecule has 0 heterocycles. The molecular weight excluding hydrogens is 299 g/mol. The van der Waals surface area contributed by atoms with Crippen LogP contribution in [0.15, 0.2) is 36.4 Å². The summed E-state index contributed by atoms with van der Waals surface area (Å²) in [5.41, 5.74) is 1.05. The van der Waals surface area contributed by atoms with Gasteiger partial charge in [0.15, 0.2) is 0 Å². The second kappa shape index (κ2) is 7.47. The molecule has 0 aromatic heterocycles. The highest BCUT2D eigenvalue weighted by molar-refractivity contribution is 5.49. The standard InChI is InChI=1S/C17H17FN2O3/c1-22-13-6-12(7-14(8-13)23-2)17(21)10-20-16-4-3-11(9-19)5-15(16)18/h3-8,17,20-21H,10H2,1-2H3. The molecule has 0 aliphatic heterocycles. The van der Waals surface area contributed by atoms with Crippen LogP contribution in [-0.2, 0) is 0 Å².